The van der Waals surface area contributed by atoms with Crippen LogP contribution in [0.5, 0.6) is 0 Å². The SMILES string of the molecule is CC(C)[C@@H](C(=O)NN)N(C)C(=O)OC(C)(C)C. The summed E-state index contributed by atoms with van der Waals surface area (Å²) in [4.78, 5) is 24.6. The van der Waals surface area contributed by atoms with Crippen molar-refractivity contribution in [3.05, 3.63) is 0 Å². The Bertz CT molecular complexity index is 284. The highest BCUT2D eigenvalue weighted by molar-refractivity contribution is 5.85. The Labute approximate surface area is 102 Å². The van der Waals surface area contributed by atoms with E-state index in [0.717, 1.165) is 0 Å². The molecule has 0 heterocycles. The van der Waals surface area contributed by atoms with E-state index < -0.39 is 23.6 Å². The second-order valence-corrected chi connectivity index (χ2v) is 5.29. The number of hydrazine groups is 1. The van der Waals surface area contributed by atoms with Crippen molar-refractivity contribution in [3.8, 4) is 0 Å². The topological polar surface area (TPSA) is 84.7 Å². The zero-order chi connectivity index (χ0) is 13.8. The maximum Gasteiger partial charge on any atom is 0.410 e. The first-order valence-corrected chi connectivity index (χ1v) is 5.56. The predicted molar refractivity (Wildman–Crippen MR) is 65.0 cm³/mol. The molecule has 6 nitrogen and oxygen atoms in total. The first-order chi connectivity index (χ1) is 7.60. The third kappa shape index (κ3) is 5.04. The minimum atomic E-state index is -0.644. The number of carbonyl (C=O) groups is 2. The summed E-state index contributed by atoms with van der Waals surface area (Å²) < 4.78 is 5.19. The smallest absolute Gasteiger partial charge is 0.410 e. The average Bonchev–Trinajstić information content (AvgIpc) is 2.14. The number of hydrogen-bond donors (Lipinski definition) is 2. The lowest BCUT2D eigenvalue weighted by Crippen LogP contribution is -2.53. The van der Waals surface area contributed by atoms with Crippen molar-refractivity contribution in [1.29, 1.82) is 0 Å². The number of nitrogens with zero attached hydrogens (tertiary/aromatic N) is 1. The standard InChI is InChI=1S/C11H23N3O3/c1-7(2)8(9(15)13-12)14(6)10(16)17-11(3,4)5/h7-8H,12H2,1-6H3,(H,13,15)/t8-/m0/s1. The molecule has 0 aromatic carbocycles. The Morgan fingerprint density at radius 2 is 1.76 bits per heavy atom. The van der Waals surface area contributed by atoms with E-state index in [1.165, 1.54) is 11.9 Å². The van der Waals surface area contributed by atoms with Crippen LogP contribution in [0.3, 0.4) is 0 Å². The molecule has 100 valence electrons. The van der Waals surface area contributed by atoms with Crippen LogP contribution in [-0.4, -0.2) is 35.6 Å². The molecule has 0 aliphatic heterocycles. The molecule has 6 heteroatoms. The van der Waals surface area contributed by atoms with Gasteiger partial charge in [0, 0.05) is 7.05 Å². The Balaban J connectivity index is 4.79. The predicted octanol–water partition coefficient (Wildman–Crippen LogP) is 0.868. The van der Waals surface area contributed by atoms with E-state index in [9.17, 15) is 9.59 Å². The van der Waals surface area contributed by atoms with Crippen LogP contribution in [0.1, 0.15) is 34.6 Å². The van der Waals surface area contributed by atoms with Gasteiger partial charge < -0.3 is 4.74 Å². The Morgan fingerprint density at radius 1 is 1.29 bits per heavy atom. The van der Waals surface area contributed by atoms with E-state index in [1.54, 1.807) is 20.8 Å². The fourth-order valence-corrected chi connectivity index (χ4v) is 1.46. The van der Waals surface area contributed by atoms with E-state index in [1.807, 2.05) is 13.8 Å². The number of likely N-dealkylation sites (N-methyl/N-ethyl adjacent to an activating group) is 1. The first-order valence-electron chi connectivity index (χ1n) is 5.56. The fraction of sp³-hybridized carbons (Fsp3) is 0.818. The molecule has 3 N–H and O–H groups in total. The van der Waals surface area contributed by atoms with E-state index >= 15 is 0 Å². The van der Waals surface area contributed by atoms with Gasteiger partial charge in [-0.05, 0) is 26.7 Å². The minimum Gasteiger partial charge on any atom is -0.444 e. The van der Waals surface area contributed by atoms with E-state index in [4.69, 9.17) is 10.6 Å². The summed E-state index contributed by atoms with van der Waals surface area (Å²) in [6.07, 6.45) is -0.542. The fourth-order valence-electron chi connectivity index (χ4n) is 1.46. The number of ether oxygens (including phenoxy) is 1. The molecule has 0 rings (SSSR count). The molecule has 0 unspecified atom stereocenters. The summed E-state index contributed by atoms with van der Waals surface area (Å²) in [7, 11) is 1.52. The van der Waals surface area contributed by atoms with Crippen LogP contribution in [-0.2, 0) is 9.53 Å². The number of hydrogen-bond acceptors (Lipinski definition) is 4. The lowest BCUT2D eigenvalue weighted by Gasteiger charge is -2.31. The molecule has 0 fully saturated rings. The van der Waals surface area contributed by atoms with Gasteiger partial charge in [-0.25, -0.2) is 10.6 Å². The van der Waals surface area contributed by atoms with Crippen LogP contribution < -0.4 is 11.3 Å². The maximum absolute atomic E-state index is 11.8. The van der Waals surface area contributed by atoms with Crippen LogP contribution in [0.4, 0.5) is 4.79 Å². The van der Waals surface area contributed by atoms with Gasteiger partial charge in [0.05, 0.1) is 0 Å². The van der Waals surface area contributed by atoms with E-state index in [0.29, 0.717) is 0 Å². The molecular weight excluding hydrogens is 222 g/mol. The summed E-state index contributed by atoms with van der Waals surface area (Å²) in [5, 5.41) is 0. The largest absolute Gasteiger partial charge is 0.444 e. The molecule has 0 saturated heterocycles. The molecule has 0 saturated carbocycles. The molecule has 0 aliphatic rings. The molecule has 1 atom stereocenters. The van der Waals surface area contributed by atoms with Crippen molar-refractivity contribution in [2.24, 2.45) is 11.8 Å². The summed E-state index contributed by atoms with van der Waals surface area (Å²) in [5.74, 6) is 4.63. The number of nitrogens with one attached hydrogen (secondary N) is 1. The summed E-state index contributed by atoms with van der Waals surface area (Å²) in [5.41, 5.74) is 1.47. The van der Waals surface area contributed by atoms with Gasteiger partial charge in [0.2, 0.25) is 0 Å². The Kier molecular flexibility index (Phi) is 5.41. The van der Waals surface area contributed by atoms with Crippen molar-refractivity contribution in [1.82, 2.24) is 10.3 Å². The molecule has 2 amide bonds. The summed E-state index contributed by atoms with van der Waals surface area (Å²) >= 11 is 0. The Hall–Kier alpha value is -1.30. The first kappa shape index (κ1) is 15.7. The van der Waals surface area contributed by atoms with Gasteiger partial charge in [0.1, 0.15) is 11.6 Å². The highest BCUT2D eigenvalue weighted by Crippen LogP contribution is 2.14. The number of nitrogens with two attached hydrogens (primary N) is 1. The molecule has 0 aromatic heterocycles. The van der Waals surface area contributed by atoms with Gasteiger partial charge in [-0.2, -0.15) is 0 Å². The van der Waals surface area contributed by atoms with Crippen LogP contribution >= 0.6 is 0 Å². The van der Waals surface area contributed by atoms with Crippen molar-refractivity contribution >= 4 is 12.0 Å². The maximum atomic E-state index is 11.8. The molecule has 0 aliphatic carbocycles. The summed E-state index contributed by atoms with van der Waals surface area (Å²) in [6, 6.07) is -0.644. The van der Waals surface area contributed by atoms with Crippen LogP contribution in [0.25, 0.3) is 0 Å². The lowest BCUT2D eigenvalue weighted by atomic mass is 10.0. The zero-order valence-electron chi connectivity index (χ0n) is 11.4. The second kappa shape index (κ2) is 5.86. The number of carbonyl (C=O) groups excluding carboxylic acids is 2. The van der Waals surface area contributed by atoms with E-state index in [2.05, 4.69) is 5.43 Å². The molecule has 0 aromatic rings. The monoisotopic (exact) mass is 245 g/mol. The van der Waals surface area contributed by atoms with Gasteiger partial charge in [-0.1, -0.05) is 13.8 Å². The van der Waals surface area contributed by atoms with Crippen LogP contribution in [0.15, 0.2) is 0 Å². The molecule has 0 radical (unpaired) electrons. The molecule has 17 heavy (non-hydrogen) atoms. The minimum absolute atomic E-state index is 0.0592. The van der Waals surface area contributed by atoms with Crippen molar-refractivity contribution in [3.63, 3.8) is 0 Å². The van der Waals surface area contributed by atoms with Crippen molar-refractivity contribution < 1.29 is 14.3 Å². The highest BCUT2D eigenvalue weighted by atomic mass is 16.6. The van der Waals surface area contributed by atoms with Gasteiger partial charge in [0.15, 0.2) is 0 Å². The van der Waals surface area contributed by atoms with Gasteiger partial charge in [-0.15, -0.1) is 0 Å². The lowest BCUT2D eigenvalue weighted by molar-refractivity contribution is -0.127. The van der Waals surface area contributed by atoms with Gasteiger partial charge >= 0.3 is 6.09 Å². The number of rotatable bonds is 3. The highest BCUT2D eigenvalue weighted by Gasteiger charge is 2.31. The third-order valence-corrected chi connectivity index (χ3v) is 2.14. The summed E-state index contributed by atoms with van der Waals surface area (Å²) in [6.45, 7) is 8.98. The Morgan fingerprint density at radius 3 is 2.06 bits per heavy atom. The van der Waals surface area contributed by atoms with Crippen molar-refractivity contribution in [2.45, 2.75) is 46.3 Å². The van der Waals surface area contributed by atoms with Gasteiger partial charge in [-0.3, -0.25) is 15.1 Å². The van der Waals surface area contributed by atoms with Crippen LogP contribution in [0.2, 0.25) is 0 Å². The molecule has 0 bridgehead atoms. The molecular formula is C11H23N3O3. The quantitative estimate of drug-likeness (QED) is 0.439. The second-order valence-electron chi connectivity index (χ2n) is 5.29. The zero-order valence-corrected chi connectivity index (χ0v) is 11.4. The van der Waals surface area contributed by atoms with Crippen LogP contribution in [0, 0.1) is 5.92 Å². The van der Waals surface area contributed by atoms with E-state index in [-0.39, 0.29) is 5.92 Å². The third-order valence-electron chi connectivity index (χ3n) is 2.14. The molecule has 0 spiro atoms. The van der Waals surface area contributed by atoms with Crippen molar-refractivity contribution in [2.75, 3.05) is 7.05 Å². The average molecular weight is 245 g/mol. The normalized spacial score (nSPS) is 13.2. The van der Waals surface area contributed by atoms with Gasteiger partial charge in [0.25, 0.3) is 5.91 Å². The number of amides is 2.